The smallest absolute Gasteiger partial charge is 0.251 e. The van der Waals surface area contributed by atoms with E-state index >= 15 is 0 Å². The van der Waals surface area contributed by atoms with Crippen LogP contribution in [0.3, 0.4) is 0 Å². The third kappa shape index (κ3) is 7.07. The first-order chi connectivity index (χ1) is 13.8. The molecular formula is C23H29N3O3. The number of rotatable bonds is 8. The van der Waals surface area contributed by atoms with Crippen LogP contribution in [0.15, 0.2) is 42.5 Å². The molecule has 0 saturated carbocycles. The summed E-state index contributed by atoms with van der Waals surface area (Å²) in [5.41, 5.74) is 3.90. The predicted octanol–water partition coefficient (Wildman–Crippen LogP) is 2.88. The van der Waals surface area contributed by atoms with E-state index in [1.807, 2.05) is 39.8 Å². The highest BCUT2D eigenvalue weighted by Gasteiger charge is 2.11. The van der Waals surface area contributed by atoms with E-state index in [1.54, 1.807) is 30.3 Å². The first-order valence-corrected chi connectivity index (χ1v) is 9.81. The number of benzene rings is 2. The van der Waals surface area contributed by atoms with Gasteiger partial charge in [0.2, 0.25) is 5.91 Å². The summed E-state index contributed by atoms with van der Waals surface area (Å²) in [5, 5.41) is 8.31. The van der Waals surface area contributed by atoms with Crippen molar-refractivity contribution in [2.75, 3.05) is 6.54 Å². The topological polar surface area (TPSA) is 87.3 Å². The van der Waals surface area contributed by atoms with Crippen molar-refractivity contribution < 1.29 is 14.4 Å². The van der Waals surface area contributed by atoms with Crippen LogP contribution in [0.5, 0.6) is 0 Å². The minimum absolute atomic E-state index is 0.103. The van der Waals surface area contributed by atoms with E-state index in [0.717, 1.165) is 23.1 Å². The number of carbonyl (C=O) groups excluding carboxylic acids is 3. The molecule has 3 N–H and O–H groups in total. The Kier molecular flexibility index (Phi) is 7.95. The van der Waals surface area contributed by atoms with Crippen LogP contribution in [0.2, 0.25) is 0 Å². The Morgan fingerprint density at radius 1 is 0.897 bits per heavy atom. The van der Waals surface area contributed by atoms with Gasteiger partial charge in [0.1, 0.15) is 0 Å². The third-order valence-corrected chi connectivity index (χ3v) is 4.56. The van der Waals surface area contributed by atoms with Crippen LogP contribution in [0.4, 0.5) is 0 Å². The molecule has 0 aromatic heterocycles. The highest BCUT2D eigenvalue weighted by Crippen LogP contribution is 2.09. The van der Waals surface area contributed by atoms with Crippen LogP contribution in [0, 0.1) is 13.8 Å². The molecule has 2 aromatic rings. The molecule has 1 unspecified atom stereocenters. The summed E-state index contributed by atoms with van der Waals surface area (Å²) in [7, 11) is 0. The fraction of sp³-hybridized carbons (Fsp3) is 0.348. The summed E-state index contributed by atoms with van der Waals surface area (Å²) in [6.45, 7) is 7.98. The van der Waals surface area contributed by atoms with Gasteiger partial charge in [0.15, 0.2) is 0 Å². The zero-order valence-corrected chi connectivity index (χ0v) is 17.5. The van der Waals surface area contributed by atoms with Crippen LogP contribution in [0.25, 0.3) is 0 Å². The molecule has 2 rings (SSSR count). The summed E-state index contributed by atoms with van der Waals surface area (Å²) in [6, 6.07) is 12.8. The van der Waals surface area contributed by atoms with Gasteiger partial charge in [0.25, 0.3) is 11.8 Å². The molecule has 2 aromatic carbocycles. The lowest BCUT2D eigenvalue weighted by Gasteiger charge is -2.12. The van der Waals surface area contributed by atoms with Gasteiger partial charge >= 0.3 is 0 Å². The van der Waals surface area contributed by atoms with E-state index in [4.69, 9.17) is 0 Å². The molecule has 0 aliphatic rings. The Morgan fingerprint density at radius 2 is 1.59 bits per heavy atom. The van der Waals surface area contributed by atoms with E-state index in [0.29, 0.717) is 11.1 Å². The molecule has 0 heterocycles. The number of amides is 3. The van der Waals surface area contributed by atoms with Gasteiger partial charge in [-0.15, -0.1) is 0 Å². The van der Waals surface area contributed by atoms with Crippen LogP contribution >= 0.6 is 0 Å². The molecule has 0 saturated heterocycles. The lowest BCUT2D eigenvalue weighted by molar-refractivity contribution is -0.120. The average molecular weight is 396 g/mol. The van der Waals surface area contributed by atoms with Crippen molar-refractivity contribution >= 4 is 17.7 Å². The molecule has 0 bridgehead atoms. The SMILES string of the molecule is CCC(C)NC(=O)c1cccc(CNC(=O)CNC(=O)c2cc(C)cc(C)c2)c1. The van der Waals surface area contributed by atoms with Gasteiger partial charge in [-0.2, -0.15) is 0 Å². The number of aryl methyl sites for hydroxylation is 2. The Hall–Kier alpha value is -3.15. The summed E-state index contributed by atoms with van der Waals surface area (Å²) >= 11 is 0. The Bertz CT molecular complexity index is 872. The van der Waals surface area contributed by atoms with E-state index in [-0.39, 0.29) is 36.9 Å². The molecule has 6 nitrogen and oxygen atoms in total. The van der Waals surface area contributed by atoms with Crippen molar-refractivity contribution in [1.29, 1.82) is 0 Å². The van der Waals surface area contributed by atoms with Gasteiger partial charge in [0.05, 0.1) is 6.54 Å². The molecule has 6 heteroatoms. The molecular weight excluding hydrogens is 366 g/mol. The largest absolute Gasteiger partial charge is 0.350 e. The van der Waals surface area contributed by atoms with Gasteiger partial charge in [-0.3, -0.25) is 14.4 Å². The summed E-state index contributed by atoms with van der Waals surface area (Å²) in [5.74, 6) is -0.707. The number of hydrogen-bond donors (Lipinski definition) is 3. The lowest BCUT2D eigenvalue weighted by atomic mass is 10.1. The monoisotopic (exact) mass is 395 g/mol. The summed E-state index contributed by atoms with van der Waals surface area (Å²) in [4.78, 5) is 36.5. The second kappa shape index (κ2) is 10.4. The molecule has 0 spiro atoms. The van der Waals surface area contributed by atoms with Crippen molar-refractivity contribution in [2.45, 2.75) is 46.7 Å². The van der Waals surface area contributed by atoms with Gasteiger partial charge in [-0.25, -0.2) is 0 Å². The molecule has 29 heavy (non-hydrogen) atoms. The third-order valence-electron chi connectivity index (χ3n) is 4.56. The van der Waals surface area contributed by atoms with Crippen LogP contribution in [-0.4, -0.2) is 30.3 Å². The van der Waals surface area contributed by atoms with Crippen LogP contribution in [0.1, 0.15) is 57.7 Å². The Balaban J connectivity index is 1.85. The summed E-state index contributed by atoms with van der Waals surface area (Å²) in [6.07, 6.45) is 0.856. The minimum atomic E-state index is -0.294. The zero-order chi connectivity index (χ0) is 21.4. The fourth-order valence-corrected chi connectivity index (χ4v) is 2.86. The van der Waals surface area contributed by atoms with Crippen molar-refractivity contribution in [1.82, 2.24) is 16.0 Å². The van der Waals surface area contributed by atoms with E-state index < -0.39 is 0 Å². The average Bonchev–Trinajstić information content (AvgIpc) is 2.69. The van der Waals surface area contributed by atoms with Gasteiger partial charge in [-0.05, 0) is 57.0 Å². The van der Waals surface area contributed by atoms with Crippen molar-refractivity contribution in [3.63, 3.8) is 0 Å². The van der Waals surface area contributed by atoms with E-state index in [1.165, 1.54) is 0 Å². The highest BCUT2D eigenvalue weighted by molar-refractivity contribution is 5.97. The fourth-order valence-electron chi connectivity index (χ4n) is 2.86. The number of carbonyl (C=O) groups is 3. The maximum atomic E-state index is 12.2. The molecule has 154 valence electrons. The maximum absolute atomic E-state index is 12.2. The van der Waals surface area contributed by atoms with E-state index in [9.17, 15) is 14.4 Å². The first kappa shape index (κ1) is 22.1. The van der Waals surface area contributed by atoms with Gasteiger partial charge in [-0.1, -0.05) is 36.2 Å². The number of nitrogens with one attached hydrogen (secondary N) is 3. The second-order valence-electron chi connectivity index (χ2n) is 7.32. The molecule has 3 amide bonds. The minimum Gasteiger partial charge on any atom is -0.350 e. The lowest BCUT2D eigenvalue weighted by Crippen LogP contribution is -2.36. The van der Waals surface area contributed by atoms with Crippen LogP contribution < -0.4 is 16.0 Å². The van der Waals surface area contributed by atoms with Crippen molar-refractivity contribution in [3.05, 3.63) is 70.3 Å². The zero-order valence-electron chi connectivity index (χ0n) is 17.5. The molecule has 0 radical (unpaired) electrons. The van der Waals surface area contributed by atoms with Crippen molar-refractivity contribution in [3.8, 4) is 0 Å². The maximum Gasteiger partial charge on any atom is 0.251 e. The second-order valence-corrected chi connectivity index (χ2v) is 7.32. The highest BCUT2D eigenvalue weighted by atomic mass is 16.2. The Morgan fingerprint density at radius 3 is 2.24 bits per heavy atom. The quantitative estimate of drug-likeness (QED) is 0.642. The van der Waals surface area contributed by atoms with Crippen LogP contribution in [-0.2, 0) is 11.3 Å². The predicted molar refractivity (Wildman–Crippen MR) is 114 cm³/mol. The summed E-state index contributed by atoms with van der Waals surface area (Å²) < 4.78 is 0. The molecule has 0 aliphatic heterocycles. The first-order valence-electron chi connectivity index (χ1n) is 9.81. The van der Waals surface area contributed by atoms with Gasteiger partial charge in [0, 0.05) is 23.7 Å². The standard InChI is InChI=1S/C23H29N3O3/c1-5-17(4)26-23(29)19-8-6-7-18(12-19)13-24-21(27)14-25-22(28)20-10-15(2)9-16(3)11-20/h6-12,17H,5,13-14H2,1-4H3,(H,24,27)(H,25,28)(H,26,29). The van der Waals surface area contributed by atoms with Crippen molar-refractivity contribution in [2.24, 2.45) is 0 Å². The normalized spacial score (nSPS) is 11.4. The molecule has 0 fully saturated rings. The van der Waals surface area contributed by atoms with E-state index in [2.05, 4.69) is 16.0 Å². The Labute approximate surface area is 172 Å². The van der Waals surface area contributed by atoms with Gasteiger partial charge < -0.3 is 16.0 Å². The number of hydrogen-bond acceptors (Lipinski definition) is 3. The molecule has 0 aliphatic carbocycles. The molecule has 1 atom stereocenters.